The van der Waals surface area contributed by atoms with Crippen LogP contribution in [0.25, 0.3) is 0 Å². The molecule has 1 aromatic heterocycles. The first-order chi connectivity index (χ1) is 9.19. The third-order valence-corrected chi connectivity index (χ3v) is 3.53. The van der Waals surface area contributed by atoms with Gasteiger partial charge in [0.25, 0.3) is 0 Å². The molecule has 0 aliphatic carbocycles. The number of carbonyl (C=O) groups excluding carboxylic acids is 1. The molecular formula is C14H19FN2O2. The van der Waals surface area contributed by atoms with E-state index in [4.69, 9.17) is 4.74 Å². The van der Waals surface area contributed by atoms with Crippen LogP contribution in [0, 0.1) is 5.82 Å². The average Bonchev–Trinajstić information content (AvgIpc) is 2.41. The monoisotopic (exact) mass is 266 g/mol. The summed E-state index contributed by atoms with van der Waals surface area (Å²) < 4.78 is 17.9. The van der Waals surface area contributed by atoms with Crippen molar-refractivity contribution in [1.82, 2.24) is 9.88 Å². The fourth-order valence-corrected chi connectivity index (χ4v) is 2.55. The van der Waals surface area contributed by atoms with Crippen molar-refractivity contribution in [3.63, 3.8) is 0 Å². The molecule has 1 atom stereocenters. The van der Waals surface area contributed by atoms with Crippen LogP contribution >= 0.6 is 0 Å². The minimum atomic E-state index is -0.320. The highest BCUT2D eigenvalue weighted by Crippen LogP contribution is 2.22. The van der Waals surface area contributed by atoms with Crippen LogP contribution in [0.2, 0.25) is 0 Å². The maximum Gasteiger partial charge on any atom is 0.307 e. The number of esters is 1. The van der Waals surface area contributed by atoms with Crippen molar-refractivity contribution < 1.29 is 13.9 Å². The number of piperidine rings is 1. The lowest BCUT2D eigenvalue weighted by Gasteiger charge is -2.35. The molecule has 0 radical (unpaired) electrons. The lowest BCUT2D eigenvalue weighted by molar-refractivity contribution is -0.142. The van der Waals surface area contributed by atoms with E-state index in [0.29, 0.717) is 13.0 Å². The van der Waals surface area contributed by atoms with Crippen LogP contribution in [-0.2, 0) is 16.1 Å². The number of carbonyl (C=O) groups is 1. The van der Waals surface area contributed by atoms with E-state index in [1.165, 1.54) is 19.4 Å². The summed E-state index contributed by atoms with van der Waals surface area (Å²) in [7, 11) is 1.41. The highest BCUT2D eigenvalue weighted by atomic mass is 19.1. The Labute approximate surface area is 112 Å². The van der Waals surface area contributed by atoms with Gasteiger partial charge in [0, 0.05) is 18.8 Å². The van der Waals surface area contributed by atoms with Gasteiger partial charge in [0.05, 0.1) is 19.7 Å². The molecule has 0 spiro atoms. The summed E-state index contributed by atoms with van der Waals surface area (Å²) in [5, 5.41) is 0. The topological polar surface area (TPSA) is 42.4 Å². The summed E-state index contributed by atoms with van der Waals surface area (Å²) in [6.45, 7) is 1.56. The van der Waals surface area contributed by atoms with E-state index in [2.05, 4.69) is 9.88 Å². The number of hydrogen-bond acceptors (Lipinski definition) is 4. The number of ether oxygens (including phenoxy) is 1. The zero-order valence-corrected chi connectivity index (χ0v) is 11.1. The van der Waals surface area contributed by atoms with Gasteiger partial charge in [-0.3, -0.25) is 14.7 Å². The zero-order chi connectivity index (χ0) is 13.7. The second-order valence-corrected chi connectivity index (χ2v) is 4.91. The first kappa shape index (κ1) is 13.9. The van der Waals surface area contributed by atoms with Gasteiger partial charge in [0.2, 0.25) is 0 Å². The molecule has 2 rings (SSSR count). The predicted molar refractivity (Wildman–Crippen MR) is 68.9 cm³/mol. The van der Waals surface area contributed by atoms with Crippen molar-refractivity contribution in [2.45, 2.75) is 38.3 Å². The molecule has 0 N–H and O–H groups in total. The van der Waals surface area contributed by atoms with Crippen LogP contribution in [0.5, 0.6) is 0 Å². The molecular weight excluding hydrogens is 247 g/mol. The fourth-order valence-electron chi connectivity index (χ4n) is 2.55. The zero-order valence-electron chi connectivity index (χ0n) is 11.1. The quantitative estimate of drug-likeness (QED) is 0.783. The average molecular weight is 266 g/mol. The molecule has 104 valence electrons. The molecule has 0 amide bonds. The van der Waals surface area contributed by atoms with Crippen LogP contribution in [0.1, 0.15) is 31.2 Å². The normalized spacial score (nSPS) is 20.2. The van der Waals surface area contributed by atoms with E-state index in [1.807, 2.05) is 0 Å². The lowest BCUT2D eigenvalue weighted by Crippen LogP contribution is -2.40. The Balaban J connectivity index is 2.01. The van der Waals surface area contributed by atoms with Crippen molar-refractivity contribution in [3.05, 3.63) is 29.8 Å². The summed E-state index contributed by atoms with van der Waals surface area (Å²) in [4.78, 5) is 17.5. The first-order valence-corrected chi connectivity index (χ1v) is 6.59. The fraction of sp³-hybridized carbons (Fsp3) is 0.571. The molecule has 2 heterocycles. The summed E-state index contributed by atoms with van der Waals surface area (Å²) >= 11 is 0. The Hall–Kier alpha value is -1.49. The van der Waals surface area contributed by atoms with Gasteiger partial charge in [-0.2, -0.15) is 0 Å². The van der Waals surface area contributed by atoms with Gasteiger partial charge >= 0.3 is 5.97 Å². The molecule has 1 saturated heterocycles. The van der Waals surface area contributed by atoms with E-state index in [0.717, 1.165) is 31.4 Å². The van der Waals surface area contributed by atoms with Gasteiger partial charge in [-0.05, 0) is 31.0 Å². The van der Waals surface area contributed by atoms with E-state index in [9.17, 15) is 9.18 Å². The molecule has 4 nitrogen and oxygen atoms in total. The Morgan fingerprint density at radius 3 is 3.11 bits per heavy atom. The molecule has 1 unspecified atom stereocenters. The molecule has 1 aromatic rings. The Bertz CT molecular complexity index is 439. The van der Waals surface area contributed by atoms with Gasteiger partial charge in [0.15, 0.2) is 0 Å². The summed E-state index contributed by atoms with van der Waals surface area (Å²) in [5.74, 6) is -0.506. The van der Waals surface area contributed by atoms with Crippen LogP contribution in [0.4, 0.5) is 4.39 Å². The highest BCUT2D eigenvalue weighted by molar-refractivity contribution is 5.69. The first-order valence-electron chi connectivity index (χ1n) is 6.59. The predicted octanol–water partition coefficient (Wildman–Crippen LogP) is 2.14. The number of nitrogens with zero attached hydrogens (tertiary/aromatic N) is 2. The molecule has 1 fully saturated rings. The summed E-state index contributed by atoms with van der Waals surface area (Å²) in [5.41, 5.74) is 0.844. The van der Waals surface area contributed by atoms with Gasteiger partial charge in [-0.1, -0.05) is 6.42 Å². The van der Waals surface area contributed by atoms with E-state index in [1.54, 1.807) is 6.20 Å². The maximum atomic E-state index is 13.1. The number of likely N-dealkylation sites (tertiary alicyclic amines) is 1. The van der Waals surface area contributed by atoms with Crippen molar-refractivity contribution in [1.29, 1.82) is 0 Å². The Morgan fingerprint density at radius 2 is 2.37 bits per heavy atom. The summed E-state index contributed by atoms with van der Waals surface area (Å²) in [6, 6.07) is 1.68. The lowest BCUT2D eigenvalue weighted by atomic mass is 9.99. The molecule has 5 heteroatoms. The number of halogens is 1. The van der Waals surface area contributed by atoms with Crippen molar-refractivity contribution >= 4 is 5.97 Å². The van der Waals surface area contributed by atoms with E-state index < -0.39 is 0 Å². The number of aromatic nitrogens is 1. The van der Waals surface area contributed by atoms with Crippen LogP contribution in [0.15, 0.2) is 18.5 Å². The standard InChI is InChI=1S/C14H19FN2O2/c1-19-14(18)7-13-4-2-3-5-17(13)10-11-6-12(15)9-16-8-11/h6,8-9,13H,2-5,7,10H2,1H3. The second kappa shape index (κ2) is 6.61. The maximum absolute atomic E-state index is 13.1. The molecule has 1 aliphatic rings. The minimum absolute atomic E-state index is 0.185. The molecule has 0 saturated carbocycles. The van der Waals surface area contributed by atoms with Gasteiger partial charge < -0.3 is 4.74 Å². The minimum Gasteiger partial charge on any atom is -0.469 e. The number of rotatable bonds is 4. The van der Waals surface area contributed by atoms with E-state index in [-0.39, 0.29) is 17.8 Å². The van der Waals surface area contributed by atoms with Crippen LogP contribution in [0.3, 0.4) is 0 Å². The largest absolute Gasteiger partial charge is 0.469 e. The van der Waals surface area contributed by atoms with Crippen molar-refractivity contribution in [2.24, 2.45) is 0 Å². The Morgan fingerprint density at radius 1 is 1.53 bits per heavy atom. The van der Waals surface area contributed by atoms with Gasteiger partial charge in [0.1, 0.15) is 5.82 Å². The molecule has 19 heavy (non-hydrogen) atoms. The second-order valence-electron chi connectivity index (χ2n) is 4.91. The smallest absolute Gasteiger partial charge is 0.307 e. The van der Waals surface area contributed by atoms with Gasteiger partial charge in [-0.25, -0.2) is 4.39 Å². The number of methoxy groups -OCH3 is 1. The molecule has 0 aromatic carbocycles. The van der Waals surface area contributed by atoms with Crippen molar-refractivity contribution in [3.8, 4) is 0 Å². The molecule has 0 bridgehead atoms. The third kappa shape index (κ3) is 3.99. The van der Waals surface area contributed by atoms with Crippen molar-refractivity contribution in [2.75, 3.05) is 13.7 Å². The van der Waals surface area contributed by atoms with Gasteiger partial charge in [-0.15, -0.1) is 0 Å². The third-order valence-electron chi connectivity index (χ3n) is 3.53. The summed E-state index contributed by atoms with van der Waals surface area (Å²) in [6.07, 6.45) is 6.50. The Kier molecular flexibility index (Phi) is 4.85. The molecule has 1 aliphatic heterocycles. The van der Waals surface area contributed by atoms with Crippen LogP contribution < -0.4 is 0 Å². The van der Waals surface area contributed by atoms with E-state index >= 15 is 0 Å². The number of pyridine rings is 1. The highest BCUT2D eigenvalue weighted by Gasteiger charge is 2.25. The number of hydrogen-bond donors (Lipinski definition) is 0. The van der Waals surface area contributed by atoms with Crippen LogP contribution in [-0.4, -0.2) is 35.5 Å². The SMILES string of the molecule is COC(=O)CC1CCCCN1Cc1cncc(F)c1.